The lowest BCUT2D eigenvalue weighted by atomic mass is 10.2. The van der Waals surface area contributed by atoms with Gasteiger partial charge in [0.25, 0.3) is 0 Å². The molecule has 0 amide bonds. The number of aldehydes is 1. The third-order valence-corrected chi connectivity index (χ3v) is 1.88. The van der Waals surface area contributed by atoms with Crippen LogP contribution < -0.4 is 4.74 Å². The standard InChI is InChI=1S/C10H11ClO2/c1-8-3-4-10(9(11)7-8)13-6-2-5-12/h3-5,7H,2,6H2,1H3. The Morgan fingerprint density at radius 1 is 1.54 bits per heavy atom. The van der Waals surface area contributed by atoms with Gasteiger partial charge in [-0.2, -0.15) is 0 Å². The fraction of sp³-hybridized carbons (Fsp3) is 0.300. The largest absolute Gasteiger partial charge is 0.492 e. The Morgan fingerprint density at radius 3 is 2.92 bits per heavy atom. The summed E-state index contributed by atoms with van der Waals surface area (Å²) in [6.07, 6.45) is 1.21. The third-order valence-electron chi connectivity index (χ3n) is 1.58. The maximum absolute atomic E-state index is 10.0. The average molecular weight is 199 g/mol. The van der Waals surface area contributed by atoms with E-state index in [0.717, 1.165) is 11.8 Å². The molecule has 0 unspecified atom stereocenters. The highest BCUT2D eigenvalue weighted by atomic mass is 35.5. The summed E-state index contributed by atoms with van der Waals surface area (Å²) in [5.41, 5.74) is 1.09. The van der Waals surface area contributed by atoms with Crippen LogP contribution in [-0.2, 0) is 4.79 Å². The van der Waals surface area contributed by atoms with Crippen molar-refractivity contribution in [3.63, 3.8) is 0 Å². The van der Waals surface area contributed by atoms with Crippen LogP contribution in [0, 0.1) is 6.92 Å². The van der Waals surface area contributed by atoms with E-state index < -0.39 is 0 Å². The molecular weight excluding hydrogens is 188 g/mol. The molecular formula is C10H11ClO2. The second-order valence-corrected chi connectivity index (χ2v) is 3.14. The Balaban J connectivity index is 2.61. The first-order chi connectivity index (χ1) is 6.24. The zero-order valence-electron chi connectivity index (χ0n) is 7.42. The molecule has 0 fully saturated rings. The number of ether oxygens (including phenoxy) is 1. The molecule has 0 aliphatic carbocycles. The Bertz CT molecular complexity index is 297. The molecule has 3 heteroatoms. The van der Waals surface area contributed by atoms with E-state index >= 15 is 0 Å². The Kier molecular flexibility index (Phi) is 3.77. The van der Waals surface area contributed by atoms with E-state index in [4.69, 9.17) is 16.3 Å². The van der Waals surface area contributed by atoms with E-state index in [1.54, 1.807) is 0 Å². The molecule has 2 nitrogen and oxygen atoms in total. The molecule has 0 aliphatic heterocycles. The van der Waals surface area contributed by atoms with Crippen LogP contribution in [-0.4, -0.2) is 12.9 Å². The van der Waals surface area contributed by atoms with Crippen molar-refractivity contribution >= 4 is 17.9 Å². The molecule has 0 aliphatic rings. The molecule has 1 rings (SSSR count). The summed E-state index contributed by atoms with van der Waals surface area (Å²) in [5.74, 6) is 0.633. The maximum Gasteiger partial charge on any atom is 0.137 e. The van der Waals surface area contributed by atoms with Gasteiger partial charge in [-0.25, -0.2) is 0 Å². The van der Waals surface area contributed by atoms with E-state index in [1.165, 1.54) is 0 Å². The number of hydrogen-bond acceptors (Lipinski definition) is 2. The Labute approximate surface area is 82.5 Å². The molecule has 0 aromatic heterocycles. The van der Waals surface area contributed by atoms with E-state index in [1.807, 2.05) is 25.1 Å². The molecule has 1 aromatic carbocycles. The van der Waals surface area contributed by atoms with Gasteiger partial charge in [-0.1, -0.05) is 17.7 Å². The summed E-state index contributed by atoms with van der Waals surface area (Å²) in [5, 5.41) is 0.589. The highest BCUT2D eigenvalue weighted by Gasteiger charge is 2.00. The molecule has 0 saturated heterocycles. The predicted molar refractivity (Wildman–Crippen MR) is 52.4 cm³/mol. The topological polar surface area (TPSA) is 26.3 Å². The molecule has 70 valence electrons. The lowest BCUT2D eigenvalue weighted by Gasteiger charge is -2.06. The SMILES string of the molecule is Cc1ccc(OCCC=O)c(Cl)c1. The van der Waals surface area contributed by atoms with Crippen LogP contribution >= 0.6 is 11.6 Å². The minimum Gasteiger partial charge on any atom is -0.492 e. The fourth-order valence-corrected chi connectivity index (χ4v) is 1.23. The third kappa shape index (κ3) is 3.07. The van der Waals surface area contributed by atoms with Gasteiger partial charge < -0.3 is 9.53 Å². The molecule has 13 heavy (non-hydrogen) atoms. The van der Waals surface area contributed by atoms with Gasteiger partial charge in [0.1, 0.15) is 12.0 Å². The van der Waals surface area contributed by atoms with Gasteiger partial charge in [-0.05, 0) is 24.6 Å². The van der Waals surface area contributed by atoms with Gasteiger partial charge >= 0.3 is 0 Å². The summed E-state index contributed by atoms with van der Waals surface area (Å²) < 4.78 is 5.27. The average Bonchev–Trinajstić information content (AvgIpc) is 2.09. The number of halogens is 1. The van der Waals surface area contributed by atoms with Crippen molar-refractivity contribution in [3.05, 3.63) is 28.8 Å². The van der Waals surface area contributed by atoms with E-state index in [2.05, 4.69) is 0 Å². The number of carbonyl (C=O) groups is 1. The molecule has 0 bridgehead atoms. The summed E-state index contributed by atoms with van der Waals surface area (Å²) in [4.78, 5) is 10.0. The molecule has 1 aromatic rings. The quantitative estimate of drug-likeness (QED) is 0.549. The summed E-state index contributed by atoms with van der Waals surface area (Å²) >= 11 is 5.90. The van der Waals surface area contributed by atoms with Crippen molar-refractivity contribution in [2.24, 2.45) is 0 Å². The minimum absolute atomic E-state index is 0.381. The second-order valence-electron chi connectivity index (χ2n) is 2.74. The normalized spacial score (nSPS) is 9.69. The number of benzene rings is 1. The van der Waals surface area contributed by atoms with E-state index in [0.29, 0.717) is 23.8 Å². The first-order valence-electron chi connectivity index (χ1n) is 4.06. The minimum atomic E-state index is 0.381. The Hall–Kier alpha value is -1.02. The predicted octanol–water partition coefficient (Wildman–Crippen LogP) is 2.62. The highest BCUT2D eigenvalue weighted by Crippen LogP contribution is 2.24. The van der Waals surface area contributed by atoms with Gasteiger partial charge in [0, 0.05) is 6.42 Å². The van der Waals surface area contributed by atoms with Crippen LogP contribution in [0.5, 0.6) is 5.75 Å². The van der Waals surface area contributed by atoms with Crippen LogP contribution in [0.25, 0.3) is 0 Å². The van der Waals surface area contributed by atoms with Crippen molar-refractivity contribution in [1.82, 2.24) is 0 Å². The molecule has 0 atom stereocenters. The zero-order chi connectivity index (χ0) is 9.68. The molecule has 0 radical (unpaired) electrons. The number of hydrogen-bond donors (Lipinski definition) is 0. The number of rotatable bonds is 4. The van der Waals surface area contributed by atoms with Crippen LogP contribution in [0.15, 0.2) is 18.2 Å². The van der Waals surface area contributed by atoms with Crippen molar-refractivity contribution in [1.29, 1.82) is 0 Å². The van der Waals surface area contributed by atoms with Crippen molar-refractivity contribution < 1.29 is 9.53 Å². The lowest BCUT2D eigenvalue weighted by molar-refractivity contribution is -0.108. The highest BCUT2D eigenvalue weighted by molar-refractivity contribution is 6.32. The second kappa shape index (κ2) is 4.87. The number of aryl methyl sites for hydroxylation is 1. The fourth-order valence-electron chi connectivity index (χ4n) is 0.940. The first-order valence-corrected chi connectivity index (χ1v) is 4.44. The summed E-state index contributed by atoms with van der Waals surface area (Å²) in [7, 11) is 0. The smallest absolute Gasteiger partial charge is 0.137 e. The molecule has 0 saturated carbocycles. The zero-order valence-corrected chi connectivity index (χ0v) is 8.17. The van der Waals surface area contributed by atoms with Crippen LogP contribution in [0.4, 0.5) is 0 Å². The summed E-state index contributed by atoms with van der Waals surface area (Å²) in [6.45, 7) is 2.34. The Morgan fingerprint density at radius 2 is 2.31 bits per heavy atom. The van der Waals surface area contributed by atoms with E-state index in [9.17, 15) is 4.79 Å². The van der Waals surface area contributed by atoms with Crippen LogP contribution in [0.3, 0.4) is 0 Å². The van der Waals surface area contributed by atoms with Gasteiger partial charge in [0.05, 0.1) is 11.6 Å². The first kappa shape index (κ1) is 10.1. The van der Waals surface area contributed by atoms with Gasteiger partial charge in [-0.3, -0.25) is 0 Å². The summed E-state index contributed by atoms with van der Waals surface area (Å²) in [6, 6.07) is 5.56. The monoisotopic (exact) mass is 198 g/mol. The van der Waals surface area contributed by atoms with E-state index in [-0.39, 0.29) is 0 Å². The van der Waals surface area contributed by atoms with Gasteiger partial charge in [-0.15, -0.1) is 0 Å². The van der Waals surface area contributed by atoms with Crippen molar-refractivity contribution in [2.45, 2.75) is 13.3 Å². The maximum atomic E-state index is 10.0. The van der Waals surface area contributed by atoms with Crippen LogP contribution in [0.1, 0.15) is 12.0 Å². The van der Waals surface area contributed by atoms with Crippen LogP contribution in [0.2, 0.25) is 5.02 Å². The van der Waals surface area contributed by atoms with Crippen molar-refractivity contribution in [2.75, 3.05) is 6.61 Å². The number of carbonyl (C=O) groups excluding carboxylic acids is 1. The van der Waals surface area contributed by atoms with Gasteiger partial charge in [0.15, 0.2) is 0 Å². The van der Waals surface area contributed by atoms with Crippen molar-refractivity contribution in [3.8, 4) is 5.75 Å². The molecule has 0 N–H and O–H groups in total. The molecule has 0 heterocycles. The lowest BCUT2D eigenvalue weighted by Crippen LogP contribution is -1.98. The molecule has 0 spiro atoms. The van der Waals surface area contributed by atoms with Gasteiger partial charge in [0.2, 0.25) is 0 Å².